The molecular formula is C53H40N6O4S2. The second-order valence-electron chi connectivity index (χ2n) is 15.4. The third-order valence-corrected chi connectivity index (χ3v) is 13.4. The van der Waals surface area contributed by atoms with Gasteiger partial charge in [0.1, 0.15) is 33.2 Å². The van der Waals surface area contributed by atoms with Crippen LogP contribution in [0.5, 0.6) is 11.5 Å². The highest BCUT2D eigenvalue weighted by atomic mass is 32.1. The summed E-state index contributed by atoms with van der Waals surface area (Å²) in [6.45, 7) is 3.83. The molecule has 12 heteroatoms. The maximum absolute atomic E-state index is 14.3. The molecule has 0 fully saturated rings. The van der Waals surface area contributed by atoms with Crippen LogP contribution in [0.2, 0.25) is 0 Å². The van der Waals surface area contributed by atoms with E-state index in [1.807, 2.05) is 159 Å². The van der Waals surface area contributed by atoms with Crippen molar-refractivity contribution in [2.45, 2.75) is 13.8 Å². The number of hydrogen-bond donors (Lipinski definition) is 3. The largest absolute Gasteiger partial charge is 0.497 e. The van der Waals surface area contributed by atoms with E-state index in [-0.39, 0.29) is 11.8 Å². The first-order valence-electron chi connectivity index (χ1n) is 20.8. The van der Waals surface area contributed by atoms with Gasteiger partial charge in [0.25, 0.3) is 11.8 Å². The van der Waals surface area contributed by atoms with Crippen molar-refractivity contribution in [3.05, 3.63) is 190 Å². The van der Waals surface area contributed by atoms with Crippen molar-refractivity contribution < 1.29 is 19.1 Å². The van der Waals surface area contributed by atoms with Crippen LogP contribution in [0.4, 0.5) is 5.82 Å². The topological polar surface area (TPSA) is 131 Å². The number of H-pyrrole nitrogens is 1. The Morgan fingerprint density at radius 2 is 1.08 bits per heavy atom. The molecule has 318 valence electrons. The van der Waals surface area contributed by atoms with E-state index in [4.69, 9.17) is 24.4 Å². The monoisotopic (exact) mass is 888 g/mol. The van der Waals surface area contributed by atoms with Crippen molar-refractivity contribution in [3.63, 3.8) is 0 Å². The van der Waals surface area contributed by atoms with Gasteiger partial charge in [-0.1, -0.05) is 84.9 Å². The molecule has 6 aromatic carbocycles. The van der Waals surface area contributed by atoms with E-state index in [2.05, 4.69) is 15.6 Å². The SMILES string of the molecule is COc1ccc(C2=C(c3nc4ccccc4s3)C(NC(=O)c3ccccc3C)=NC2=Cc2[nH]c(NC(=O)c3ccccc3C)c(-c3nc4ccccc4s3)c2-c2ccc(OC)cc2)cc1. The van der Waals surface area contributed by atoms with E-state index in [1.165, 1.54) is 22.7 Å². The second kappa shape index (κ2) is 17.3. The molecule has 0 radical (unpaired) electrons. The number of carbonyl (C=O) groups excluding carboxylic acids is 2. The fraction of sp³-hybridized carbons (Fsp3) is 0.0755. The Kier molecular flexibility index (Phi) is 11.0. The maximum atomic E-state index is 14.3. The number of nitrogens with one attached hydrogen (secondary N) is 3. The number of nitrogens with zero attached hydrogens (tertiary/aromatic N) is 3. The molecule has 1 aliphatic heterocycles. The average molecular weight is 889 g/mol. The van der Waals surface area contributed by atoms with Crippen LogP contribution in [0, 0.1) is 13.8 Å². The number of para-hydroxylation sites is 2. The Bertz CT molecular complexity index is 3350. The summed E-state index contributed by atoms with van der Waals surface area (Å²) >= 11 is 3.07. The fourth-order valence-electron chi connectivity index (χ4n) is 8.03. The zero-order valence-corrected chi connectivity index (χ0v) is 37.4. The summed E-state index contributed by atoms with van der Waals surface area (Å²) in [6, 6.07) is 46.5. The first-order chi connectivity index (χ1) is 31.8. The molecule has 10 nitrogen and oxygen atoms in total. The predicted octanol–water partition coefficient (Wildman–Crippen LogP) is 12.2. The standard InChI is InChI=1S/C53H40N6O4S2/c1-30-13-5-7-15-36(30)50(60)58-48-46(52-56-38-17-9-11-19-42(38)64-52)44(32-21-25-34(62-3)26-22-32)40(54-48)29-41-45(33-23-27-35(63-4)28-24-33)47(53-57-39-18-10-12-20-43(39)65-53)49(55-41)59-51(61)37-16-8-6-14-31(37)2/h5-29,54H,1-4H3,(H,58,60)(H,55,59,61). The number of aromatic amines is 1. The molecule has 0 aliphatic carbocycles. The number of rotatable bonds is 10. The number of methoxy groups -OCH3 is 2. The minimum absolute atomic E-state index is 0.274. The number of carbonyl (C=O) groups is 2. The summed E-state index contributed by atoms with van der Waals surface area (Å²) in [5, 5.41) is 7.84. The van der Waals surface area contributed by atoms with Crippen molar-refractivity contribution in [3.8, 4) is 33.2 Å². The zero-order valence-electron chi connectivity index (χ0n) is 35.7. The molecule has 4 heterocycles. The van der Waals surface area contributed by atoms with Crippen LogP contribution < -0.4 is 20.1 Å². The van der Waals surface area contributed by atoms with Crippen molar-refractivity contribution >= 4 is 83.8 Å². The Labute approximate surface area is 382 Å². The van der Waals surface area contributed by atoms with Crippen LogP contribution >= 0.6 is 22.7 Å². The number of aliphatic imine (C=N–C) groups is 1. The van der Waals surface area contributed by atoms with Gasteiger partial charge in [-0.2, -0.15) is 0 Å². The molecule has 0 bridgehead atoms. The summed E-state index contributed by atoms with van der Waals surface area (Å²) in [6.07, 6.45) is 1.97. The molecule has 1 aliphatic rings. The summed E-state index contributed by atoms with van der Waals surface area (Å²) in [5.74, 6) is 1.63. The maximum Gasteiger partial charge on any atom is 0.257 e. The number of hydrogen-bond acceptors (Lipinski definition) is 9. The number of anilines is 1. The molecule has 65 heavy (non-hydrogen) atoms. The van der Waals surface area contributed by atoms with Crippen molar-refractivity contribution in [1.82, 2.24) is 20.3 Å². The van der Waals surface area contributed by atoms with Crippen LogP contribution in [-0.4, -0.2) is 46.8 Å². The molecule has 10 rings (SSSR count). The summed E-state index contributed by atoms with van der Waals surface area (Å²) in [4.78, 5) is 47.7. The summed E-state index contributed by atoms with van der Waals surface area (Å²) < 4.78 is 13.2. The van der Waals surface area contributed by atoms with Gasteiger partial charge in [0.15, 0.2) is 0 Å². The van der Waals surface area contributed by atoms with E-state index in [0.717, 1.165) is 53.8 Å². The first kappa shape index (κ1) is 41.1. The Morgan fingerprint density at radius 3 is 1.65 bits per heavy atom. The lowest BCUT2D eigenvalue weighted by Gasteiger charge is -2.11. The molecule has 0 saturated heterocycles. The number of amidine groups is 1. The highest BCUT2D eigenvalue weighted by Gasteiger charge is 2.32. The Morgan fingerprint density at radius 1 is 0.569 bits per heavy atom. The van der Waals surface area contributed by atoms with Gasteiger partial charge in [0, 0.05) is 22.3 Å². The third kappa shape index (κ3) is 7.90. The summed E-state index contributed by atoms with van der Waals surface area (Å²) in [5.41, 5.74) is 10.2. The van der Waals surface area contributed by atoms with Gasteiger partial charge in [0.05, 0.1) is 57.2 Å². The van der Waals surface area contributed by atoms with Crippen molar-refractivity contribution in [2.24, 2.45) is 4.99 Å². The molecule has 9 aromatic rings. The minimum atomic E-state index is -0.297. The van der Waals surface area contributed by atoms with E-state index in [0.29, 0.717) is 66.8 Å². The Balaban J connectivity index is 1.25. The van der Waals surface area contributed by atoms with E-state index in [1.54, 1.807) is 20.3 Å². The number of aryl methyl sites for hydroxylation is 2. The lowest BCUT2D eigenvalue weighted by Crippen LogP contribution is -2.31. The number of benzene rings is 6. The number of allylic oxidation sites excluding steroid dienone is 1. The predicted molar refractivity (Wildman–Crippen MR) is 264 cm³/mol. The zero-order chi connectivity index (χ0) is 44.6. The minimum Gasteiger partial charge on any atom is -0.497 e. The number of amides is 2. The third-order valence-electron chi connectivity index (χ3n) is 11.3. The molecule has 0 atom stereocenters. The van der Waals surface area contributed by atoms with E-state index >= 15 is 0 Å². The molecule has 0 saturated carbocycles. The molecule has 3 N–H and O–H groups in total. The van der Waals surface area contributed by atoms with E-state index < -0.39 is 0 Å². The van der Waals surface area contributed by atoms with Gasteiger partial charge < -0.3 is 25.1 Å². The highest BCUT2D eigenvalue weighted by Crippen LogP contribution is 2.47. The van der Waals surface area contributed by atoms with Gasteiger partial charge in [0.2, 0.25) is 0 Å². The molecule has 0 spiro atoms. The van der Waals surface area contributed by atoms with Crippen LogP contribution in [-0.2, 0) is 0 Å². The number of aromatic nitrogens is 3. The van der Waals surface area contributed by atoms with Crippen molar-refractivity contribution in [1.29, 1.82) is 0 Å². The lowest BCUT2D eigenvalue weighted by atomic mass is 9.96. The lowest BCUT2D eigenvalue weighted by molar-refractivity contribution is 0.0975. The van der Waals surface area contributed by atoms with Gasteiger partial charge in [-0.25, -0.2) is 15.0 Å². The van der Waals surface area contributed by atoms with Crippen LogP contribution in [0.15, 0.2) is 156 Å². The number of fused-ring (bicyclic) bond motifs is 2. The summed E-state index contributed by atoms with van der Waals surface area (Å²) in [7, 11) is 3.27. The quantitative estimate of drug-likeness (QED) is 0.125. The van der Waals surface area contributed by atoms with E-state index in [9.17, 15) is 9.59 Å². The van der Waals surface area contributed by atoms with Crippen molar-refractivity contribution in [2.75, 3.05) is 19.5 Å². The smallest absolute Gasteiger partial charge is 0.257 e. The Hall–Kier alpha value is -7.93. The second-order valence-corrected chi connectivity index (χ2v) is 17.4. The van der Waals surface area contributed by atoms with Crippen LogP contribution in [0.3, 0.4) is 0 Å². The number of ether oxygens (including phenoxy) is 2. The molecule has 0 unspecified atom stereocenters. The molecule has 2 amide bonds. The normalized spacial score (nSPS) is 13.1. The molecule has 3 aromatic heterocycles. The van der Waals surface area contributed by atoms with Gasteiger partial charge >= 0.3 is 0 Å². The van der Waals surface area contributed by atoms with Gasteiger partial charge in [-0.3, -0.25) is 9.59 Å². The number of thiazole rings is 2. The average Bonchev–Trinajstić information content (AvgIpc) is 4.12. The van der Waals surface area contributed by atoms with Gasteiger partial charge in [-0.15, -0.1) is 22.7 Å². The van der Waals surface area contributed by atoms with Gasteiger partial charge in [-0.05, 0) is 103 Å². The van der Waals surface area contributed by atoms with Crippen LogP contribution in [0.1, 0.15) is 48.1 Å². The highest BCUT2D eigenvalue weighted by molar-refractivity contribution is 7.21. The first-order valence-corrected chi connectivity index (χ1v) is 22.5. The fourth-order valence-corrected chi connectivity index (χ4v) is 10.1. The molecular weight excluding hydrogens is 849 g/mol. The van der Waals surface area contributed by atoms with Crippen LogP contribution in [0.25, 0.3) is 59.4 Å².